The number of aliphatic carboxylic acids is 1. The van der Waals surface area contributed by atoms with Crippen molar-refractivity contribution in [3.05, 3.63) is 23.8 Å². The van der Waals surface area contributed by atoms with E-state index in [1.165, 1.54) is 7.11 Å². The van der Waals surface area contributed by atoms with Crippen LogP contribution < -0.4 is 15.2 Å². The molecular formula is C12H17NO5. The minimum Gasteiger partial charge on any atom is -0.496 e. The van der Waals surface area contributed by atoms with Crippen LogP contribution in [-0.2, 0) is 11.2 Å². The van der Waals surface area contributed by atoms with Crippen LogP contribution in [0.15, 0.2) is 18.2 Å². The number of ether oxygens (including phenoxy) is 2. The van der Waals surface area contributed by atoms with Crippen LogP contribution in [0.4, 0.5) is 0 Å². The van der Waals surface area contributed by atoms with Crippen molar-refractivity contribution in [1.29, 1.82) is 0 Å². The number of rotatable bonds is 7. The summed E-state index contributed by atoms with van der Waals surface area (Å²) in [5.41, 5.74) is 6.49. The average Bonchev–Trinajstić information content (AvgIpc) is 2.37. The molecule has 1 unspecified atom stereocenters. The molecule has 1 rings (SSSR count). The third kappa shape index (κ3) is 4.23. The Balaban J connectivity index is 2.79. The van der Waals surface area contributed by atoms with Gasteiger partial charge in [-0.25, -0.2) is 4.79 Å². The normalized spacial score (nSPS) is 11.9. The fourth-order valence-electron chi connectivity index (χ4n) is 1.48. The first-order valence-corrected chi connectivity index (χ1v) is 5.44. The minimum absolute atomic E-state index is 0.111. The molecule has 0 spiro atoms. The van der Waals surface area contributed by atoms with Gasteiger partial charge < -0.3 is 25.4 Å². The maximum absolute atomic E-state index is 10.4. The molecule has 0 saturated carbocycles. The van der Waals surface area contributed by atoms with E-state index in [-0.39, 0.29) is 12.6 Å². The average molecular weight is 255 g/mol. The number of hydrogen-bond donors (Lipinski definition) is 3. The van der Waals surface area contributed by atoms with Crippen molar-refractivity contribution < 1.29 is 24.5 Å². The molecule has 0 aliphatic carbocycles. The van der Waals surface area contributed by atoms with Gasteiger partial charge in [-0.05, 0) is 18.1 Å². The number of benzene rings is 1. The standard InChI is InChI=1S/C12H17NO5/c1-17-11-5-10(18-7-12(15)16)3-2-8(11)4-9(13)6-14/h2-3,5,9,14H,4,6-7,13H2,1H3,(H,15,16). The van der Waals surface area contributed by atoms with Crippen molar-refractivity contribution in [1.82, 2.24) is 0 Å². The van der Waals surface area contributed by atoms with Crippen LogP contribution >= 0.6 is 0 Å². The first kappa shape index (κ1) is 14.3. The highest BCUT2D eigenvalue weighted by molar-refractivity contribution is 5.68. The van der Waals surface area contributed by atoms with Crippen molar-refractivity contribution in [2.45, 2.75) is 12.5 Å². The van der Waals surface area contributed by atoms with Gasteiger partial charge in [-0.2, -0.15) is 0 Å². The Morgan fingerprint density at radius 3 is 2.78 bits per heavy atom. The van der Waals surface area contributed by atoms with Gasteiger partial charge in [-0.3, -0.25) is 0 Å². The lowest BCUT2D eigenvalue weighted by molar-refractivity contribution is -0.139. The zero-order valence-electron chi connectivity index (χ0n) is 10.1. The van der Waals surface area contributed by atoms with Crippen molar-refractivity contribution in [3.8, 4) is 11.5 Å². The van der Waals surface area contributed by atoms with Gasteiger partial charge in [-0.15, -0.1) is 0 Å². The van der Waals surface area contributed by atoms with Gasteiger partial charge in [0, 0.05) is 12.1 Å². The summed E-state index contributed by atoms with van der Waals surface area (Å²) in [4.78, 5) is 10.4. The van der Waals surface area contributed by atoms with Gasteiger partial charge in [0.05, 0.1) is 13.7 Å². The minimum atomic E-state index is -1.04. The molecule has 0 aromatic heterocycles. The second kappa shape index (κ2) is 6.83. The van der Waals surface area contributed by atoms with E-state index in [9.17, 15) is 4.79 Å². The van der Waals surface area contributed by atoms with Crippen LogP contribution in [0, 0.1) is 0 Å². The Kier molecular flexibility index (Phi) is 5.41. The molecule has 0 radical (unpaired) electrons. The molecule has 4 N–H and O–H groups in total. The summed E-state index contributed by atoms with van der Waals surface area (Å²) < 4.78 is 10.2. The molecule has 1 atom stereocenters. The molecule has 1 aromatic rings. The summed E-state index contributed by atoms with van der Waals surface area (Å²) in [6, 6.07) is 4.63. The van der Waals surface area contributed by atoms with Gasteiger partial charge in [0.15, 0.2) is 6.61 Å². The molecule has 0 bridgehead atoms. The van der Waals surface area contributed by atoms with Gasteiger partial charge >= 0.3 is 5.97 Å². The molecule has 0 amide bonds. The third-order valence-corrected chi connectivity index (χ3v) is 2.34. The number of aliphatic hydroxyl groups is 1. The van der Waals surface area contributed by atoms with Gasteiger partial charge in [0.1, 0.15) is 11.5 Å². The van der Waals surface area contributed by atoms with Gasteiger partial charge in [0.2, 0.25) is 0 Å². The second-order valence-electron chi connectivity index (χ2n) is 3.80. The van der Waals surface area contributed by atoms with E-state index in [4.69, 9.17) is 25.4 Å². The van der Waals surface area contributed by atoms with Crippen LogP contribution in [0.1, 0.15) is 5.56 Å². The number of nitrogens with two attached hydrogens (primary N) is 1. The Morgan fingerprint density at radius 1 is 1.50 bits per heavy atom. The molecule has 0 saturated heterocycles. The van der Waals surface area contributed by atoms with Crippen LogP contribution in [0.5, 0.6) is 11.5 Å². The smallest absolute Gasteiger partial charge is 0.341 e. The molecular weight excluding hydrogens is 238 g/mol. The summed E-state index contributed by atoms with van der Waals surface area (Å²) in [7, 11) is 1.50. The predicted molar refractivity (Wildman–Crippen MR) is 64.9 cm³/mol. The predicted octanol–water partition coefficient (Wildman–Crippen LogP) is 0.0207. The molecule has 6 nitrogen and oxygen atoms in total. The Labute approximate surface area is 105 Å². The van der Waals surface area contributed by atoms with Crippen molar-refractivity contribution >= 4 is 5.97 Å². The first-order chi connectivity index (χ1) is 8.56. The number of methoxy groups -OCH3 is 1. The Bertz CT molecular complexity index is 407. The van der Waals surface area contributed by atoms with Crippen LogP contribution in [-0.4, -0.2) is 42.5 Å². The highest BCUT2D eigenvalue weighted by Gasteiger charge is 2.10. The lowest BCUT2D eigenvalue weighted by Gasteiger charge is -2.13. The molecule has 6 heteroatoms. The molecule has 0 fully saturated rings. The topological polar surface area (TPSA) is 102 Å². The lowest BCUT2D eigenvalue weighted by Crippen LogP contribution is -2.27. The van der Waals surface area contributed by atoms with Crippen LogP contribution in [0.2, 0.25) is 0 Å². The molecule has 1 aromatic carbocycles. The fourth-order valence-corrected chi connectivity index (χ4v) is 1.48. The monoisotopic (exact) mass is 255 g/mol. The zero-order chi connectivity index (χ0) is 13.5. The summed E-state index contributed by atoms with van der Waals surface area (Å²) >= 11 is 0. The Morgan fingerprint density at radius 2 is 2.22 bits per heavy atom. The van der Waals surface area contributed by atoms with Crippen molar-refractivity contribution in [3.63, 3.8) is 0 Å². The SMILES string of the molecule is COc1cc(OCC(=O)O)ccc1CC(N)CO. The highest BCUT2D eigenvalue weighted by atomic mass is 16.5. The van der Waals surface area contributed by atoms with E-state index in [2.05, 4.69) is 0 Å². The second-order valence-corrected chi connectivity index (χ2v) is 3.80. The van der Waals surface area contributed by atoms with E-state index in [0.717, 1.165) is 5.56 Å². The van der Waals surface area contributed by atoms with Crippen molar-refractivity contribution in [2.24, 2.45) is 5.73 Å². The molecule has 0 heterocycles. The quantitative estimate of drug-likeness (QED) is 0.635. The first-order valence-electron chi connectivity index (χ1n) is 5.44. The van der Waals surface area contributed by atoms with Crippen LogP contribution in [0.25, 0.3) is 0 Å². The maximum atomic E-state index is 10.4. The van der Waals surface area contributed by atoms with Crippen LogP contribution in [0.3, 0.4) is 0 Å². The summed E-state index contributed by atoms with van der Waals surface area (Å²) in [5, 5.41) is 17.4. The van der Waals surface area contributed by atoms with Gasteiger partial charge in [0.25, 0.3) is 0 Å². The van der Waals surface area contributed by atoms with E-state index >= 15 is 0 Å². The molecule has 18 heavy (non-hydrogen) atoms. The third-order valence-electron chi connectivity index (χ3n) is 2.34. The lowest BCUT2D eigenvalue weighted by atomic mass is 10.1. The van der Waals surface area contributed by atoms with E-state index in [1.54, 1.807) is 18.2 Å². The van der Waals surface area contributed by atoms with Crippen molar-refractivity contribution in [2.75, 3.05) is 20.3 Å². The number of hydrogen-bond acceptors (Lipinski definition) is 5. The summed E-state index contributed by atoms with van der Waals surface area (Å²) in [6.45, 7) is -0.515. The highest BCUT2D eigenvalue weighted by Crippen LogP contribution is 2.25. The van der Waals surface area contributed by atoms with E-state index < -0.39 is 12.6 Å². The summed E-state index contributed by atoms with van der Waals surface area (Å²) in [6.07, 6.45) is 0.471. The maximum Gasteiger partial charge on any atom is 0.341 e. The zero-order valence-corrected chi connectivity index (χ0v) is 10.1. The number of carboxylic acids is 1. The number of carbonyl (C=O) groups is 1. The number of carboxylic acid groups (broad SMARTS) is 1. The van der Waals surface area contributed by atoms with E-state index in [0.29, 0.717) is 17.9 Å². The molecule has 100 valence electrons. The Hall–Kier alpha value is -1.79. The van der Waals surface area contributed by atoms with Gasteiger partial charge in [-0.1, -0.05) is 6.07 Å². The fraction of sp³-hybridized carbons (Fsp3) is 0.417. The number of aliphatic hydroxyl groups excluding tert-OH is 1. The molecule has 0 aliphatic rings. The largest absolute Gasteiger partial charge is 0.496 e. The molecule has 0 aliphatic heterocycles. The summed E-state index contributed by atoms with van der Waals surface area (Å²) in [5.74, 6) is -0.0716. The van der Waals surface area contributed by atoms with E-state index in [1.807, 2.05) is 0 Å².